The van der Waals surface area contributed by atoms with Gasteiger partial charge < -0.3 is 14.8 Å². The monoisotopic (exact) mass is 256 g/mol. The molecule has 0 aliphatic carbocycles. The van der Waals surface area contributed by atoms with Crippen LogP contribution in [0.2, 0.25) is 0 Å². The van der Waals surface area contributed by atoms with Gasteiger partial charge in [0.05, 0.1) is 6.10 Å². The molecule has 0 aromatic heterocycles. The Balaban J connectivity index is 1.61. The molecule has 2 saturated heterocycles. The Kier molecular flexibility index (Phi) is 5.89. The number of nitrogens with one attached hydrogen (secondary N) is 1. The molecule has 0 aromatic rings. The van der Waals surface area contributed by atoms with Crippen molar-refractivity contribution < 1.29 is 9.47 Å². The van der Waals surface area contributed by atoms with E-state index in [4.69, 9.17) is 9.47 Å². The first-order valence-electron chi connectivity index (χ1n) is 7.36. The average Bonchev–Trinajstić information content (AvgIpc) is 2.42. The number of methoxy groups -OCH3 is 1. The van der Waals surface area contributed by atoms with E-state index in [2.05, 4.69) is 17.1 Å². The van der Waals surface area contributed by atoms with Crippen molar-refractivity contribution >= 4 is 0 Å². The molecule has 4 nitrogen and oxygen atoms in total. The number of piperidine rings is 1. The van der Waals surface area contributed by atoms with E-state index in [0.29, 0.717) is 18.1 Å². The fourth-order valence-electron chi connectivity index (χ4n) is 2.94. The van der Waals surface area contributed by atoms with Gasteiger partial charge in [-0.2, -0.15) is 0 Å². The fourth-order valence-corrected chi connectivity index (χ4v) is 2.94. The van der Waals surface area contributed by atoms with Crippen molar-refractivity contribution in [1.82, 2.24) is 10.2 Å². The molecule has 2 rings (SSSR count). The van der Waals surface area contributed by atoms with Crippen LogP contribution in [0.4, 0.5) is 0 Å². The SMILES string of the molecule is COC1CN(CCNC2CCOCC2)CCC1C. The number of hydrogen-bond acceptors (Lipinski definition) is 4. The summed E-state index contributed by atoms with van der Waals surface area (Å²) in [5, 5.41) is 3.65. The van der Waals surface area contributed by atoms with Crippen LogP contribution in [0, 0.1) is 5.92 Å². The van der Waals surface area contributed by atoms with Crippen LogP contribution < -0.4 is 5.32 Å². The molecule has 4 heteroatoms. The quantitative estimate of drug-likeness (QED) is 0.799. The van der Waals surface area contributed by atoms with Gasteiger partial charge in [0.25, 0.3) is 0 Å². The van der Waals surface area contributed by atoms with Crippen LogP contribution >= 0.6 is 0 Å². The minimum Gasteiger partial charge on any atom is -0.381 e. The minimum atomic E-state index is 0.418. The van der Waals surface area contributed by atoms with Gasteiger partial charge >= 0.3 is 0 Å². The van der Waals surface area contributed by atoms with E-state index in [1.54, 1.807) is 0 Å². The van der Waals surface area contributed by atoms with Gasteiger partial charge in [0.15, 0.2) is 0 Å². The first-order chi connectivity index (χ1) is 8.79. The molecule has 2 aliphatic heterocycles. The lowest BCUT2D eigenvalue weighted by atomic mass is 9.96. The standard InChI is InChI=1S/C14H28N2O2/c1-12-3-7-16(11-14(12)17-2)8-6-15-13-4-9-18-10-5-13/h12-15H,3-11H2,1-2H3. The maximum absolute atomic E-state index is 5.55. The molecule has 2 unspecified atom stereocenters. The lowest BCUT2D eigenvalue weighted by Crippen LogP contribution is -2.47. The van der Waals surface area contributed by atoms with Crippen LogP contribution in [-0.4, -0.2) is 63.5 Å². The second-order valence-corrected chi connectivity index (χ2v) is 5.68. The van der Waals surface area contributed by atoms with Crippen molar-refractivity contribution in [1.29, 1.82) is 0 Å². The van der Waals surface area contributed by atoms with Crippen LogP contribution in [-0.2, 0) is 9.47 Å². The van der Waals surface area contributed by atoms with Crippen molar-refractivity contribution in [2.75, 3.05) is 46.5 Å². The highest BCUT2D eigenvalue weighted by molar-refractivity contribution is 4.79. The highest BCUT2D eigenvalue weighted by Crippen LogP contribution is 2.18. The molecule has 0 amide bonds. The van der Waals surface area contributed by atoms with Crippen LogP contribution in [0.25, 0.3) is 0 Å². The first kappa shape index (κ1) is 14.3. The van der Waals surface area contributed by atoms with Gasteiger partial charge in [-0.1, -0.05) is 6.92 Å². The van der Waals surface area contributed by atoms with E-state index in [0.717, 1.165) is 45.7 Å². The number of hydrogen-bond donors (Lipinski definition) is 1. The maximum Gasteiger partial charge on any atom is 0.0724 e. The number of nitrogens with zero attached hydrogens (tertiary/aromatic N) is 1. The Morgan fingerprint density at radius 2 is 2.06 bits per heavy atom. The van der Waals surface area contributed by atoms with E-state index in [1.165, 1.54) is 13.0 Å². The number of ether oxygens (including phenoxy) is 2. The smallest absolute Gasteiger partial charge is 0.0724 e. The number of likely N-dealkylation sites (tertiary alicyclic amines) is 1. The zero-order valence-electron chi connectivity index (χ0n) is 11.9. The van der Waals surface area contributed by atoms with Crippen molar-refractivity contribution in [2.24, 2.45) is 5.92 Å². The van der Waals surface area contributed by atoms with Gasteiger partial charge in [-0.25, -0.2) is 0 Å². The molecule has 0 bridgehead atoms. The molecule has 2 heterocycles. The second-order valence-electron chi connectivity index (χ2n) is 5.68. The molecular formula is C14H28N2O2. The average molecular weight is 256 g/mol. The van der Waals surface area contributed by atoms with Gasteiger partial charge in [0.1, 0.15) is 0 Å². The molecule has 18 heavy (non-hydrogen) atoms. The lowest BCUT2D eigenvalue weighted by Gasteiger charge is -2.36. The lowest BCUT2D eigenvalue weighted by molar-refractivity contribution is -0.00498. The van der Waals surface area contributed by atoms with Crippen molar-refractivity contribution in [3.05, 3.63) is 0 Å². The van der Waals surface area contributed by atoms with Crippen LogP contribution in [0.1, 0.15) is 26.2 Å². The molecule has 2 atom stereocenters. The van der Waals surface area contributed by atoms with E-state index in [9.17, 15) is 0 Å². The summed E-state index contributed by atoms with van der Waals surface area (Å²) in [6.07, 6.45) is 4.01. The summed E-state index contributed by atoms with van der Waals surface area (Å²) in [5.74, 6) is 0.703. The Morgan fingerprint density at radius 3 is 2.78 bits per heavy atom. The third-order valence-electron chi connectivity index (χ3n) is 4.36. The van der Waals surface area contributed by atoms with Gasteiger partial charge in [0, 0.05) is 46.0 Å². The summed E-state index contributed by atoms with van der Waals surface area (Å²) in [5.41, 5.74) is 0. The van der Waals surface area contributed by atoms with Crippen molar-refractivity contribution in [2.45, 2.75) is 38.3 Å². The molecule has 0 spiro atoms. The molecule has 106 valence electrons. The third kappa shape index (κ3) is 4.19. The zero-order valence-corrected chi connectivity index (χ0v) is 11.9. The van der Waals surface area contributed by atoms with Gasteiger partial charge in [-0.05, 0) is 31.7 Å². The summed E-state index contributed by atoms with van der Waals surface area (Å²) >= 11 is 0. The third-order valence-corrected chi connectivity index (χ3v) is 4.36. The van der Waals surface area contributed by atoms with Crippen molar-refractivity contribution in [3.8, 4) is 0 Å². The second kappa shape index (κ2) is 7.43. The summed E-state index contributed by atoms with van der Waals surface area (Å²) < 4.78 is 10.9. The fraction of sp³-hybridized carbons (Fsp3) is 1.00. The van der Waals surface area contributed by atoms with Gasteiger partial charge in [0.2, 0.25) is 0 Å². The minimum absolute atomic E-state index is 0.418. The van der Waals surface area contributed by atoms with E-state index in [1.807, 2.05) is 7.11 Å². The zero-order chi connectivity index (χ0) is 12.8. The molecular weight excluding hydrogens is 228 g/mol. The number of rotatable bonds is 5. The summed E-state index contributed by atoms with van der Waals surface area (Å²) in [4.78, 5) is 2.53. The highest BCUT2D eigenvalue weighted by Gasteiger charge is 2.25. The Morgan fingerprint density at radius 1 is 1.28 bits per heavy atom. The van der Waals surface area contributed by atoms with E-state index < -0.39 is 0 Å². The first-order valence-corrected chi connectivity index (χ1v) is 7.36. The van der Waals surface area contributed by atoms with E-state index in [-0.39, 0.29) is 0 Å². The Hall–Kier alpha value is -0.160. The van der Waals surface area contributed by atoms with E-state index >= 15 is 0 Å². The van der Waals surface area contributed by atoms with Gasteiger partial charge in [-0.15, -0.1) is 0 Å². The normalized spacial score (nSPS) is 31.7. The summed E-state index contributed by atoms with van der Waals surface area (Å²) in [6, 6.07) is 0.667. The predicted molar refractivity (Wildman–Crippen MR) is 72.9 cm³/mol. The topological polar surface area (TPSA) is 33.7 Å². The Labute approximate surface area is 111 Å². The van der Waals surface area contributed by atoms with Crippen LogP contribution in [0.5, 0.6) is 0 Å². The highest BCUT2D eigenvalue weighted by atomic mass is 16.5. The molecule has 2 aliphatic rings. The Bertz CT molecular complexity index is 232. The molecule has 0 radical (unpaired) electrons. The van der Waals surface area contributed by atoms with Gasteiger partial charge in [-0.3, -0.25) is 4.90 Å². The van der Waals surface area contributed by atoms with Crippen molar-refractivity contribution in [3.63, 3.8) is 0 Å². The molecule has 0 aromatic carbocycles. The maximum atomic E-state index is 5.55. The van der Waals surface area contributed by atoms with Crippen LogP contribution in [0.3, 0.4) is 0 Å². The predicted octanol–water partition coefficient (Wildman–Crippen LogP) is 1.11. The summed E-state index contributed by atoms with van der Waals surface area (Å²) in [7, 11) is 1.84. The molecule has 0 saturated carbocycles. The molecule has 1 N–H and O–H groups in total. The largest absolute Gasteiger partial charge is 0.381 e. The van der Waals surface area contributed by atoms with Crippen LogP contribution in [0.15, 0.2) is 0 Å². The molecule has 2 fully saturated rings. The summed E-state index contributed by atoms with van der Waals surface area (Å²) in [6.45, 7) is 8.68.